The summed E-state index contributed by atoms with van der Waals surface area (Å²) in [4.78, 5) is 29.8. The number of carbonyl (C=O) groups excluding carboxylic acids is 2. The van der Waals surface area contributed by atoms with Crippen LogP contribution in [0.5, 0.6) is 5.75 Å². The van der Waals surface area contributed by atoms with E-state index in [1.54, 1.807) is 9.80 Å². The third-order valence-electron chi connectivity index (χ3n) is 7.21. The molecular formula is C30H40N2O5. The molecular weight excluding hydrogens is 468 g/mol. The topological polar surface area (TPSA) is 79.3 Å². The van der Waals surface area contributed by atoms with Crippen molar-refractivity contribution in [1.29, 1.82) is 0 Å². The fraction of sp³-hybridized carbons (Fsp3) is 0.533. The second-order valence-electron chi connectivity index (χ2n) is 11.2. The van der Waals surface area contributed by atoms with Gasteiger partial charge in [-0.3, -0.25) is 4.79 Å². The second kappa shape index (κ2) is 11.5. The molecule has 7 heteroatoms. The fourth-order valence-electron chi connectivity index (χ4n) is 5.25. The standard InChI is InChI=1S/C30H40N2O5/c1-29(2,3)37-28(34)32-20-18-31(19-21-32)27(33)26(30(35)16-8-5-9-17-30)24-12-14-25(15-13-24)36-22-23-10-6-4-7-11-23/h4,6-7,10-15,26,35H,5,8-9,16-22H2,1-3H3. The molecule has 1 saturated carbocycles. The molecule has 2 amide bonds. The van der Waals surface area contributed by atoms with E-state index in [1.165, 1.54) is 0 Å². The van der Waals surface area contributed by atoms with E-state index in [1.807, 2.05) is 75.4 Å². The van der Waals surface area contributed by atoms with Gasteiger partial charge in [-0.25, -0.2) is 4.79 Å². The highest BCUT2D eigenvalue weighted by Gasteiger charge is 2.45. The molecule has 0 bridgehead atoms. The number of hydrogen-bond donors (Lipinski definition) is 1. The van der Waals surface area contributed by atoms with Gasteiger partial charge in [-0.15, -0.1) is 0 Å². The third-order valence-corrected chi connectivity index (χ3v) is 7.21. The molecule has 0 spiro atoms. The van der Waals surface area contributed by atoms with Crippen LogP contribution >= 0.6 is 0 Å². The molecule has 1 saturated heterocycles. The lowest BCUT2D eigenvalue weighted by Crippen LogP contribution is -2.55. The Balaban J connectivity index is 1.46. The predicted octanol–water partition coefficient (Wildman–Crippen LogP) is 5.12. The van der Waals surface area contributed by atoms with E-state index in [0.29, 0.717) is 45.6 Å². The minimum atomic E-state index is -1.08. The van der Waals surface area contributed by atoms with E-state index in [9.17, 15) is 14.7 Å². The normalized spacial score (nSPS) is 18.7. The average molecular weight is 509 g/mol. The van der Waals surface area contributed by atoms with Crippen molar-refractivity contribution in [2.24, 2.45) is 0 Å². The van der Waals surface area contributed by atoms with Crippen molar-refractivity contribution in [3.8, 4) is 5.75 Å². The van der Waals surface area contributed by atoms with Crippen molar-refractivity contribution >= 4 is 12.0 Å². The summed E-state index contributed by atoms with van der Waals surface area (Å²) in [5, 5.41) is 11.7. The van der Waals surface area contributed by atoms with Gasteiger partial charge in [-0.2, -0.15) is 0 Å². The number of ether oxygens (including phenoxy) is 2. The van der Waals surface area contributed by atoms with Crippen LogP contribution in [0, 0.1) is 0 Å². The smallest absolute Gasteiger partial charge is 0.410 e. The van der Waals surface area contributed by atoms with Crippen LogP contribution < -0.4 is 4.74 Å². The highest BCUT2D eigenvalue weighted by atomic mass is 16.6. The van der Waals surface area contributed by atoms with Gasteiger partial charge in [0.25, 0.3) is 0 Å². The van der Waals surface area contributed by atoms with Gasteiger partial charge in [0.2, 0.25) is 5.91 Å². The van der Waals surface area contributed by atoms with Crippen molar-refractivity contribution < 1.29 is 24.2 Å². The minimum Gasteiger partial charge on any atom is -0.489 e. The minimum absolute atomic E-state index is 0.0776. The fourth-order valence-corrected chi connectivity index (χ4v) is 5.25. The molecule has 7 nitrogen and oxygen atoms in total. The first kappa shape index (κ1) is 27.0. The lowest BCUT2D eigenvalue weighted by molar-refractivity contribution is -0.143. The number of carbonyl (C=O) groups is 2. The van der Waals surface area contributed by atoms with Crippen molar-refractivity contribution in [3.05, 3.63) is 65.7 Å². The molecule has 200 valence electrons. The summed E-state index contributed by atoms with van der Waals surface area (Å²) in [5.41, 5.74) is 0.248. The van der Waals surface area contributed by atoms with Gasteiger partial charge in [-0.05, 0) is 56.9 Å². The van der Waals surface area contributed by atoms with Crippen LogP contribution in [-0.2, 0) is 16.1 Å². The van der Waals surface area contributed by atoms with Gasteiger partial charge >= 0.3 is 6.09 Å². The van der Waals surface area contributed by atoms with Crippen LogP contribution in [0.2, 0.25) is 0 Å². The Bertz CT molecular complexity index is 1030. The zero-order valence-electron chi connectivity index (χ0n) is 22.3. The Morgan fingerprint density at radius 3 is 2.08 bits per heavy atom. The van der Waals surface area contributed by atoms with Crippen molar-refractivity contribution in [1.82, 2.24) is 9.80 Å². The van der Waals surface area contributed by atoms with E-state index < -0.39 is 17.1 Å². The molecule has 1 atom stereocenters. The molecule has 2 aromatic carbocycles. The molecule has 1 unspecified atom stereocenters. The van der Waals surface area contributed by atoms with Crippen LogP contribution in [0.15, 0.2) is 54.6 Å². The van der Waals surface area contributed by atoms with Crippen LogP contribution in [0.1, 0.15) is 69.9 Å². The van der Waals surface area contributed by atoms with Gasteiger partial charge in [-0.1, -0.05) is 61.7 Å². The monoisotopic (exact) mass is 508 g/mol. The van der Waals surface area contributed by atoms with Crippen LogP contribution in [0.25, 0.3) is 0 Å². The molecule has 4 rings (SSSR count). The Morgan fingerprint density at radius 1 is 0.892 bits per heavy atom. The van der Waals surface area contributed by atoms with Gasteiger partial charge in [0.15, 0.2) is 0 Å². The highest BCUT2D eigenvalue weighted by molar-refractivity contribution is 5.85. The first-order valence-corrected chi connectivity index (χ1v) is 13.4. The summed E-state index contributed by atoms with van der Waals surface area (Å²) in [6.07, 6.45) is 3.74. The number of aliphatic hydroxyl groups is 1. The SMILES string of the molecule is CC(C)(C)OC(=O)N1CCN(C(=O)C(c2ccc(OCc3ccccc3)cc2)C2(O)CCCCC2)CC1. The summed E-state index contributed by atoms with van der Waals surface area (Å²) in [6, 6.07) is 17.6. The molecule has 2 aliphatic rings. The summed E-state index contributed by atoms with van der Waals surface area (Å²) < 4.78 is 11.4. The summed E-state index contributed by atoms with van der Waals surface area (Å²) in [7, 11) is 0. The Labute approximate surface area is 220 Å². The zero-order valence-corrected chi connectivity index (χ0v) is 22.3. The van der Waals surface area contributed by atoms with Gasteiger partial charge in [0, 0.05) is 26.2 Å². The van der Waals surface area contributed by atoms with Crippen molar-refractivity contribution in [2.45, 2.75) is 76.6 Å². The molecule has 1 heterocycles. The number of piperazine rings is 1. The Kier molecular flexibility index (Phi) is 8.42. The first-order valence-electron chi connectivity index (χ1n) is 13.4. The molecule has 0 aromatic heterocycles. The van der Waals surface area contributed by atoms with Gasteiger partial charge in [0.1, 0.15) is 18.0 Å². The lowest BCUT2D eigenvalue weighted by Gasteiger charge is -2.43. The van der Waals surface area contributed by atoms with Crippen molar-refractivity contribution in [3.63, 3.8) is 0 Å². The van der Waals surface area contributed by atoms with E-state index in [-0.39, 0.29) is 12.0 Å². The Hall–Kier alpha value is -3.06. The Morgan fingerprint density at radius 2 is 1.49 bits per heavy atom. The van der Waals surface area contributed by atoms with Gasteiger partial charge < -0.3 is 24.4 Å². The number of benzene rings is 2. The molecule has 2 fully saturated rings. The number of nitrogens with zero attached hydrogens (tertiary/aromatic N) is 2. The van der Waals surface area contributed by atoms with Gasteiger partial charge in [0.05, 0.1) is 11.5 Å². The molecule has 1 N–H and O–H groups in total. The third kappa shape index (κ3) is 7.04. The molecule has 2 aromatic rings. The van der Waals surface area contributed by atoms with Crippen LogP contribution in [-0.4, -0.2) is 64.3 Å². The maximum atomic E-state index is 13.9. The summed E-state index contributed by atoms with van der Waals surface area (Å²) in [5.74, 6) is -0.00402. The summed E-state index contributed by atoms with van der Waals surface area (Å²) >= 11 is 0. The zero-order chi connectivity index (χ0) is 26.5. The van der Waals surface area contributed by atoms with E-state index >= 15 is 0 Å². The molecule has 37 heavy (non-hydrogen) atoms. The summed E-state index contributed by atoms with van der Waals surface area (Å²) in [6.45, 7) is 7.67. The van der Waals surface area contributed by atoms with Crippen LogP contribution in [0.3, 0.4) is 0 Å². The average Bonchev–Trinajstić information content (AvgIpc) is 2.88. The van der Waals surface area contributed by atoms with E-state index in [0.717, 1.165) is 36.1 Å². The quantitative estimate of drug-likeness (QED) is 0.586. The van der Waals surface area contributed by atoms with Crippen molar-refractivity contribution in [2.75, 3.05) is 26.2 Å². The largest absolute Gasteiger partial charge is 0.489 e. The second-order valence-corrected chi connectivity index (χ2v) is 11.2. The molecule has 1 aliphatic carbocycles. The predicted molar refractivity (Wildman–Crippen MR) is 142 cm³/mol. The number of amides is 2. The maximum absolute atomic E-state index is 13.9. The molecule has 1 aliphatic heterocycles. The van der Waals surface area contributed by atoms with E-state index in [2.05, 4.69) is 0 Å². The number of hydrogen-bond acceptors (Lipinski definition) is 5. The number of rotatable bonds is 6. The maximum Gasteiger partial charge on any atom is 0.410 e. The first-order chi connectivity index (χ1) is 17.6. The van der Waals surface area contributed by atoms with Crippen LogP contribution in [0.4, 0.5) is 4.79 Å². The highest BCUT2D eigenvalue weighted by Crippen LogP contribution is 2.41. The molecule has 0 radical (unpaired) electrons. The van der Waals surface area contributed by atoms with E-state index in [4.69, 9.17) is 9.47 Å². The lowest BCUT2D eigenvalue weighted by atomic mass is 9.72.